The van der Waals surface area contributed by atoms with E-state index in [1.54, 1.807) is 38.8 Å². The van der Waals surface area contributed by atoms with E-state index in [1.165, 1.54) is 4.31 Å². The molecule has 0 unspecified atom stereocenters. The molecule has 8 nitrogen and oxygen atoms in total. The van der Waals surface area contributed by atoms with E-state index in [2.05, 4.69) is 4.98 Å². The summed E-state index contributed by atoms with van der Waals surface area (Å²) < 4.78 is 34.5. The second-order valence-electron chi connectivity index (χ2n) is 7.24. The van der Waals surface area contributed by atoms with Crippen LogP contribution < -0.4 is 0 Å². The zero-order valence-electron chi connectivity index (χ0n) is 15.2. The lowest BCUT2D eigenvalue weighted by Gasteiger charge is -2.42. The second-order valence-corrected chi connectivity index (χ2v) is 9.13. The summed E-state index contributed by atoms with van der Waals surface area (Å²) in [5, 5.41) is 0.0909. The van der Waals surface area contributed by atoms with E-state index in [-0.39, 0.29) is 22.3 Å². The number of carbonyl (C=O) groups excluding carboxylic acids is 1. The third-order valence-electron chi connectivity index (χ3n) is 5.66. The number of methoxy groups -OCH3 is 1. The average molecular weight is 370 g/mol. The first-order chi connectivity index (χ1) is 11.7. The molecule has 3 rings (SSSR count). The van der Waals surface area contributed by atoms with Crippen molar-refractivity contribution in [3.63, 3.8) is 0 Å². The van der Waals surface area contributed by atoms with Gasteiger partial charge in [0.05, 0.1) is 6.61 Å². The minimum atomic E-state index is -3.62. The summed E-state index contributed by atoms with van der Waals surface area (Å²) in [5.41, 5.74) is -0.160. The number of fused-ring (bicyclic) bond motifs is 1. The summed E-state index contributed by atoms with van der Waals surface area (Å²) in [6.07, 6.45) is 2.23. The topological polar surface area (TPSA) is 84.7 Å². The molecule has 2 aliphatic heterocycles. The summed E-state index contributed by atoms with van der Waals surface area (Å²) in [7, 11) is -0.189. The van der Waals surface area contributed by atoms with Crippen LogP contribution in [0.3, 0.4) is 0 Å². The average Bonchev–Trinajstić information content (AvgIpc) is 3.08. The fourth-order valence-corrected chi connectivity index (χ4v) is 5.53. The maximum absolute atomic E-state index is 13.0. The normalized spacial score (nSPS) is 27.5. The minimum absolute atomic E-state index is 0.0274. The van der Waals surface area contributed by atoms with Crippen LogP contribution in [-0.2, 0) is 26.6 Å². The van der Waals surface area contributed by atoms with E-state index in [9.17, 15) is 13.2 Å². The van der Waals surface area contributed by atoms with Gasteiger partial charge in [-0.1, -0.05) is 0 Å². The summed E-state index contributed by atoms with van der Waals surface area (Å²) in [6.45, 7) is 5.90. The van der Waals surface area contributed by atoms with Crippen molar-refractivity contribution >= 4 is 15.9 Å². The Kier molecular flexibility index (Phi) is 4.67. The van der Waals surface area contributed by atoms with Crippen molar-refractivity contribution in [1.82, 2.24) is 18.8 Å². The van der Waals surface area contributed by atoms with Gasteiger partial charge < -0.3 is 14.2 Å². The summed E-state index contributed by atoms with van der Waals surface area (Å²) in [6, 6.07) is 0. The van der Waals surface area contributed by atoms with Crippen molar-refractivity contribution < 1.29 is 17.9 Å². The first-order valence-electron chi connectivity index (χ1n) is 8.44. The zero-order chi connectivity index (χ0) is 18.4. The molecule has 3 heterocycles. The molecule has 1 aromatic heterocycles. The third kappa shape index (κ3) is 3.09. The fraction of sp³-hybridized carbons (Fsp3) is 0.750. The Morgan fingerprint density at radius 2 is 2.16 bits per heavy atom. The van der Waals surface area contributed by atoms with Crippen molar-refractivity contribution in [2.45, 2.75) is 25.3 Å². The van der Waals surface area contributed by atoms with Gasteiger partial charge in [0.25, 0.3) is 10.0 Å². The highest BCUT2D eigenvalue weighted by atomic mass is 32.2. The maximum atomic E-state index is 13.0. The van der Waals surface area contributed by atoms with Crippen LogP contribution in [0.5, 0.6) is 0 Å². The maximum Gasteiger partial charge on any atom is 0.262 e. The van der Waals surface area contributed by atoms with E-state index in [4.69, 9.17) is 4.74 Å². The summed E-state index contributed by atoms with van der Waals surface area (Å²) >= 11 is 0. The number of amides is 1. The number of rotatable bonds is 4. The van der Waals surface area contributed by atoms with Gasteiger partial charge in [0, 0.05) is 58.9 Å². The highest BCUT2D eigenvalue weighted by Gasteiger charge is 2.52. The Morgan fingerprint density at radius 3 is 2.72 bits per heavy atom. The Labute approximate surface area is 148 Å². The van der Waals surface area contributed by atoms with Crippen LogP contribution in [0.4, 0.5) is 0 Å². The number of hydrogen-bond acceptors (Lipinski definition) is 5. The summed E-state index contributed by atoms with van der Waals surface area (Å²) in [5.74, 6) is 0.761. The monoisotopic (exact) mass is 370 g/mol. The van der Waals surface area contributed by atoms with Gasteiger partial charge in [-0.25, -0.2) is 13.4 Å². The number of likely N-dealkylation sites (tertiary alicyclic amines) is 1. The van der Waals surface area contributed by atoms with Crippen LogP contribution in [0.2, 0.25) is 0 Å². The molecule has 1 amide bonds. The van der Waals surface area contributed by atoms with E-state index >= 15 is 0 Å². The van der Waals surface area contributed by atoms with E-state index < -0.39 is 10.0 Å². The lowest BCUT2D eigenvalue weighted by molar-refractivity contribution is -0.128. The van der Waals surface area contributed by atoms with Gasteiger partial charge in [-0.3, -0.25) is 4.79 Å². The molecule has 140 valence electrons. The van der Waals surface area contributed by atoms with Crippen LogP contribution in [0.15, 0.2) is 11.2 Å². The molecule has 0 bridgehead atoms. The number of aromatic nitrogens is 2. The molecule has 0 aromatic carbocycles. The van der Waals surface area contributed by atoms with Crippen LogP contribution in [-0.4, -0.2) is 73.0 Å². The largest absolute Gasteiger partial charge is 0.384 e. The fourth-order valence-electron chi connectivity index (χ4n) is 4.02. The Morgan fingerprint density at radius 1 is 1.44 bits per heavy atom. The molecule has 2 aliphatic rings. The Hall–Kier alpha value is -1.45. The van der Waals surface area contributed by atoms with Gasteiger partial charge in [-0.15, -0.1) is 0 Å². The van der Waals surface area contributed by atoms with Gasteiger partial charge in [0.2, 0.25) is 5.91 Å². The molecular formula is C16H26N4O4S. The van der Waals surface area contributed by atoms with Crippen molar-refractivity contribution in [1.29, 1.82) is 0 Å². The van der Waals surface area contributed by atoms with Crippen molar-refractivity contribution in [2.24, 2.45) is 18.4 Å². The van der Waals surface area contributed by atoms with Crippen LogP contribution >= 0.6 is 0 Å². The predicted octanol–water partition coefficient (Wildman–Crippen LogP) is 0.234. The van der Waals surface area contributed by atoms with E-state index in [0.29, 0.717) is 45.0 Å². The van der Waals surface area contributed by atoms with E-state index in [1.807, 2.05) is 4.90 Å². The van der Waals surface area contributed by atoms with Crippen molar-refractivity contribution in [2.75, 3.05) is 39.9 Å². The second kappa shape index (κ2) is 6.37. The highest BCUT2D eigenvalue weighted by Crippen LogP contribution is 2.44. The van der Waals surface area contributed by atoms with Crippen molar-refractivity contribution in [3.8, 4) is 0 Å². The standard InChI is InChI=1S/C16H26N4O4S/c1-12-17-15(9-18(12)3)25(22,23)20-6-5-16(11-24-4)10-19(13(2)21)7-14(16)8-20/h9,14H,5-8,10-11H2,1-4H3/t14-,16-/m0/s1. The number of hydrogen-bond donors (Lipinski definition) is 0. The molecule has 9 heteroatoms. The number of piperidine rings is 1. The van der Waals surface area contributed by atoms with Crippen LogP contribution in [0.1, 0.15) is 19.2 Å². The van der Waals surface area contributed by atoms with Gasteiger partial charge in [0.1, 0.15) is 5.82 Å². The molecule has 0 aliphatic carbocycles. The first kappa shape index (κ1) is 18.3. The third-order valence-corrected chi connectivity index (χ3v) is 7.40. The predicted molar refractivity (Wildman–Crippen MR) is 91.4 cm³/mol. The van der Waals surface area contributed by atoms with Gasteiger partial charge in [-0.05, 0) is 19.3 Å². The molecule has 2 fully saturated rings. The molecular weight excluding hydrogens is 344 g/mol. The smallest absolute Gasteiger partial charge is 0.262 e. The quantitative estimate of drug-likeness (QED) is 0.758. The van der Waals surface area contributed by atoms with Gasteiger partial charge in [0.15, 0.2) is 5.03 Å². The number of nitrogens with zero attached hydrogens (tertiary/aromatic N) is 4. The number of ether oxygens (including phenoxy) is 1. The zero-order valence-corrected chi connectivity index (χ0v) is 16.0. The molecule has 2 atom stereocenters. The molecule has 0 radical (unpaired) electrons. The lowest BCUT2D eigenvalue weighted by Crippen LogP contribution is -2.50. The Balaban J connectivity index is 1.85. The van der Waals surface area contributed by atoms with Crippen LogP contribution in [0, 0.1) is 18.3 Å². The number of aryl methyl sites for hydroxylation is 2. The van der Waals surface area contributed by atoms with Crippen molar-refractivity contribution in [3.05, 3.63) is 12.0 Å². The minimum Gasteiger partial charge on any atom is -0.384 e. The van der Waals surface area contributed by atoms with Gasteiger partial charge >= 0.3 is 0 Å². The Bertz CT molecular complexity index is 756. The van der Waals surface area contributed by atoms with E-state index in [0.717, 1.165) is 0 Å². The number of carbonyl (C=O) groups is 1. The first-order valence-corrected chi connectivity index (χ1v) is 9.88. The molecule has 1 aromatic rings. The molecule has 0 saturated carbocycles. The lowest BCUT2D eigenvalue weighted by atomic mass is 9.74. The number of sulfonamides is 1. The highest BCUT2D eigenvalue weighted by molar-refractivity contribution is 7.89. The number of imidazole rings is 1. The molecule has 0 N–H and O–H groups in total. The molecule has 25 heavy (non-hydrogen) atoms. The summed E-state index contributed by atoms with van der Waals surface area (Å²) in [4.78, 5) is 17.8. The molecule has 2 saturated heterocycles. The van der Waals surface area contributed by atoms with Gasteiger partial charge in [-0.2, -0.15) is 4.31 Å². The van der Waals surface area contributed by atoms with Crippen LogP contribution in [0.25, 0.3) is 0 Å². The molecule has 0 spiro atoms. The SMILES string of the molecule is COC[C@@]12CCN(S(=O)(=O)c3cn(C)c(C)n3)C[C@@H]1CN(C(C)=O)C2.